The summed E-state index contributed by atoms with van der Waals surface area (Å²) in [6.07, 6.45) is 1.05. The Morgan fingerprint density at radius 2 is 1.65 bits per heavy atom. The molecule has 0 amide bonds. The first-order valence-corrected chi connectivity index (χ1v) is 5.96. The first kappa shape index (κ1) is 11.5. The second kappa shape index (κ2) is 5.39. The highest BCUT2D eigenvalue weighted by Crippen LogP contribution is 2.22. The number of anilines is 2. The lowest BCUT2D eigenvalue weighted by Crippen LogP contribution is -2.09. The maximum atomic E-state index is 5.67. The minimum atomic E-state index is 0.347. The van der Waals surface area contributed by atoms with E-state index >= 15 is 0 Å². The highest BCUT2D eigenvalue weighted by molar-refractivity contribution is 5.52. The number of hydrogen-bond acceptors (Lipinski definition) is 2. The van der Waals surface area contributed by atoms with E-state index in [1.807, 2.05) is 30.3 Å². The van der Waals surface area contributed by atoms with E-state index in [1.54, 1.807) is 0 Å². The van der Waals surface area contributed by atoms with Gasteiger partial charge < -0.3 is 11.1 Å². The number of benzene rings is 2. The molecular formula is C15H18N2. The Morgan fingerprint density at radius 3 is 2.24 bits per heavy atom. The van der Waals surface area contributed by atoms with Gasteiger partial charge in [-0.2, -0.15) is 0 Å². The van der Waals surface area contributed by atoms with E-state index < -0.39 is 0 Å². The predicted molar refractivity (Wildman–Crippen MR) is 74.0 cm³/mol. The summed E-state index contributed by atoms with van der Waals surface area (Å²) in [7, 11) is 0. The molecule has 1 unspecified atom stereocenters. The summed E-state index contributed by atoms with van der Waals surface area (Å²) in [4.78, 5) is 0. The normalized spacial score (nSPS) is 12.1. The summed E-state index contributed by atoms with van der Waals surface area (Å²) in [5.41, 5.74) is 8.89. The van der Waals surface area contributed by atoms with E-state index in [4.69, 9.17) is 5.73 Å². The monoisotopic (exact) mass is 226 g/mol. The van der Waals surface area contributed by atoms with Gasteiger partial charge in [-0.1, -0.05) is 37.3 Å². The third kappa shape index (κ3) is 3.00. The minimum Gasteiger partial charge on any atom is -0.399 e. The molecule has 0 bridgehead atoms. The van der Waals surface area contributed by atoms with Crippen molar-refractivity contribution >= 4 is 11.4 Å². The van der Waals surface area contributed by atoms with Gasteiger partial charge in [0.25, 0.3) is 0 Å². The van der Waals surface area contributed by atoms with Crippen molar-refractivity contribution < 1.29 is 0 Å². The van der Waals surface area contributed by atoms with Crippen molar-refractivity contribution in [3.05, 3.63) is 60.2 Å². The fraction of sp³-hybridized carbons (Fsp3) is 0.200. The molecule has 2 aromatic rings. The van der Waals surface area contributed by atoms with E-state index in [0.717, 1.165) is 17.8 Å². The van der Waals surface area contributed by atoms with E-state index in [2.05, 4.69) is 36.5 Å². The van der Waals surface area contributed by atoms with Crippen LogP contribution in [0.1, 0.15) is 24.9 Å². The average molecular weight is 226 g/mol. The first-order valence-electron chi connectivity index (χ1n) is 5.96. The summed E-state index contributed by atoms with van der Waals surface area (Å²) in [5, 5.41) is 3.52. The SMILES string of the molecule is CCC(Nc1ccc(N)cc1)c1ccccc1. The van der Waals surface area contributed by atoms with Crippen molar-refractivity contribution in [2.45, 2.75) is 19.4 Å². The third-order valence-electron chi connectivity index (χ3n) is 2.86. The number of nitrogens with two attached hydrogens (primary N) is 1. The van der Waals surface area contributed by atoms with Gasteiger partial charge in [0, 0.05) is 11.4 Å². The van der Waals surface area contributed by atoms with Crippen LogP contribution in [0.4, 0.5) is 11.4 Å². The lowest BCUT2D eigenvalue weighted by molar-refractivity contribution is 0.749. The Balaban J connectivity index is 2.13. The van der Waals surface area contributed by atoms with Crippen LogP contribution in [0.15, 0.2) is 54.6 Å². The van der Waals surface area contributed by atoms with Crippen LogP contribution in [0.25, 0.3) is 0 Å². The minimum absolute atomic E-state index is 0.347. The lowest BCUT2D eigenvalue weighted by atomic mass is 10.0. The number of nitrogen functional groups attached to an aromatic ring is 1. The maximum absolute atomic E-state index is 5.67. The smallest absolute Gasteiger partial charge is 0.0511 e. The van der Waals surface area contributed by atoms with Crippen molar-refractivity contribution in [2.75, 3.05) is 11.1 Å². The third-order valence-corrected chi connectivity index (χ3v) is 2.86. The zero-order chi connectivity index (χ0) is 12.1. The Hall–Kier alpha value is -1.96. The summed E-state index contributed by atoms with van der Waals surface area (Å²) in [5.74, 6) is 0. The molecule has 0 aliphatic rings. The van der Waals surface area contributed by atoms with Crippen LogP contribution in [-0.4, -0.2) is 0 Å². The second-order valence-electron chi connectivity index (χ2n) is 4.14. The largest absolute Gasteiger partial charge is 0.399 e. The van der Waals surface area contributed by atoms with Gasteiger partial charge in [0.2, 0.25) is 0 Å². The van der Waals surface area contributed by atoms with Gasteiger partial charge in [-0.05, 0) is 36.2 Å². The number of hydrogen-bond donors (Lipinski definition) is 2. The Bertz CT molecular complexity index is 448. The molecule has 1 atom stereocenters. The van der Waals surface area contributed by atoms with E-state index in [-0.39, 0.29) is 0 Å². The van der Waals surface area contributed by atoms with Crippen LogP contribution >= 0.6 is 0 Å². The fourth-order valence-corrected chi connectivity index (χ4v) is 1.89. The second-order valence-corrected chi connectivity index (χ2v) is 4.14. The van der Waals surface area contributed by atoms with E-state index in [1.165, 1.54) is 5.56 Å². The zero-order valence-corrected chi connectivity index (χ0v) is 10.1. The molecule has 0 heterocycles. The van der Waals surface area contributed by atoms with Crippen molar-refractivity contribution in [1.82, 2.24) is 0 Å². The van der Waals surface area contributed by atoms with Crippen LogP contribution < -0.4 is 11.1 Å². The molecule has 0 aromatic heterocycles. The topological polar surface area (TPSA) is 38.0 Å². The molecule has 17 heavy (non-hydrogen) atoms. The Kier molecular flexibility index (Phi) is 3.66. The molecule has 3 N–H and O–H groups in total. The molecule has 2 heteroatoms. The molecule has 0 aliphatic heterocycles. The molecule has 0 saturated heterocycles. The van der Waals surface area contributed by atoms with Crippen molar-refractivity contribution in [3.63, 3.8) is 0 Å². The van der Waals surface area contributed by atoms with Gasteiger partial charge in [-0.15, -0.1) is 0 Å². The maximum Gasteiger partial charge on any atom is 0.0511 e. The zero-order valence-electron chi connectivity index (χ0n) is 10.1. The highest BCUT2D eigenvalue weighted by atomic mass is 14.9. The molecule has 88 valence electrons. The summed E-state index contributed by atoms with van der Waals surface area (Å²) >= 11 is 0. The van der Waals surface area contributed by atoms with Gasteiger partial charge in [-0.3, -0.25) is 0 Å². The Morgan fingerprint density at radius 1 is 1.00 bits per heavy atom. The van der Waals surface area contributed by atoms with Crippen molar-refractivity contribution in [2.24, 2.45) is 0 Å². The summed E-state index contributed by atoms with van der Waals surface area (Å²) < 4.78 is 0. The predicted octanol–water partition coefficient (Wildman–Crippen LogP) is 3.83. The van der Waals surface area contributed by atoms with Gasteiger partial charge in [-0.25, -0.2) is 0 Å². The number of rotatable bonds is 4. The van der Waals surface area contributed by atoms with Gasteiger partial charge in [0.05, 0.1) is 6.04 Å². The van der Waals surface area contributed by atoms with E-state index in [0.29, 0.717) is 6.04 Å². The molecule has 0 aliphatic carbocycles. The molecule has 0 spiro atoms. The molecule has 0 fully saturated rings. The van der Waals surface area contributed by atoms with Crippen LogP contribution in [0.3, 0.4) is 0 Å². The van der Waals surface area contributed by atoms with Gasteiger partial charge in [0.15, 0.2) is 0 Å². The summed E-state index contributed by atoms with van der Waals surface area (Å²) in [6, 6.07) is 18.7. The first-order chi connectivity index (χ1) is 8.29. The van der Waals surface area contributed by atoms with Crippen molar-refractivity contribution in [3.8, 4) is 0 Å². The van der Waals surface area contributed by atoms with Crippen LogP contribution in [0.5, 0.6) is 0 Å². The molecule has 2 aromatic carbocycles. The average Bonchev–Trinajstić information content (AvgIpc) is 2.39. The van der Waals surface area contributed by atoms with Gasteiger partial charge >= 0.3 is 0 Å². The lowest BCUT2D eigenvalue weighted by Gasteiger charge is -2.18. The molecule has 0 saturated carbocycles. The molecule has 2 rings (SSSR count). The molecule has 0 radical (unpaired) electrons. The van der Waals surface area contributed by atoms with Crippen LogP contribution in [0, 0.1) is 0 Å². The summed E-state index contributed by atoms with van der Waals surface area (Å²) in [6.45, 7) is 2.18. The standard InChI is InChI=1S/C15H18N2/c1-2-15(12-6-4-3-5-7-12)17-14-10-8-13(16)9-11-14/h3-11,15,17H,2,16H2,1H3. The Labute approximate surface area is 102 Å². The molecule has 2 nitrogen and oxygen atoms in total. The van der Waals surface area contributed by atoms with Crippen molar-refractivity contribution in [1.29, 1.82) is 0 Å². The van der Waals surface area contributed by atoms with Gasteiger partial charge in [0.1, 0.15) is 0 Å². The molecular weight excluding hydrogens is 208 g/mol. The highest BCUT2D eigenvalue weighted by Gasteiger charge is 2.07. The quantitative estimate of drug-likeness (QED) is 0.777. The van der Waals surface area contributed by atoms with E-state index in [9.17, 15) is 0 Å². The van der Waals surface area contributed by atoms with Crippen LogP contribution in [0.2, 0.25) is 0 Å². The number of nitrogens with one attached hydrogen (secondary N) is 1. The van der Waals surface area contributed by atoms with Crippen LogP contribution in [-0.2, 0) is 0 Å². The fourth-order valence-electron chi connectivity index (χ4n) is 1.89.